The zero-order valence-electron chi connectivity index (χ0n) is 12.6. The molecule has 1 rings (SSSR count). The van der Waals surface area contributed by atoms with E-state index in [1.165, 1.54) is 25.3 Å². The maximum atomic E-state index is 12.3. The molecule has 2 atom stereocenters. The van der Waals surface area contributed by atoms with Gasteiger partial charge in [-0.05, 0) is 38.0 Å². The number of hydrogen-bond acceptors (Lipinski definition) is 3. The summed E-state index contributed by atoms with van der Waals surface area (Å²) in [5.74, 6) is -0.540. The van der Waals surface area contributed by atoms with Crippen LogP contribution in [0.5, 0.6) is 5.75 Å². The van der Waals surface area contributed by atoms with E-state index in [0.29, 0.717) is 12.0 Å². The highest BCUT2D eigenvalue weighted by atomic mass is 32.2. The van der Waals surface area contributed by atoms with Crippen molar-refractivity contribution in [2.75, 3.05) is 13.7 Å². The largest absolute Gasteiger partial charge is 0.573 e. The molecule has 1 aromatic rings. The molecule has 1 unspecified atom stereocenters. The minimum absolute atomic E-state index is 0.246. The lowest BCUT2D eigenvalue weighted by Gasteiger charge is -2.27. The summed E-state index contributed by atoms with van der Waals surface area (Å²) in [5.41, 5.74) is 0.613. The monoisotopic (exact) mass is 339 g/mol. The third kappa shape index (κ3) is 5.94. The molecule has 0 spiro atoms. The van der Waals surface area contributed by atoms with E-state index in [0.717, 1.165) is 0 Å². The molecule has 0 aliphatic carbocycles. The molecule has 0 aromatic heterocycles. The number of rotatable bonds is 7. The van der Waals surface area contributed by atoms with Gasteiger partial charge in [-0.25, -0.2) is 4.21 Å². The Bertz CT molecular complexity index is 520. The molecule has 4 nitrogen and oxygen atoms in total. The molecule has 2 N–H and O–H groups in total. The number of nitrogens with two attached hydrogens (primary N) is 1. The van der Waals surface area contributed by atoms with Crippen molar-refractivity contribution in [3.63, 3.8) is 0 Å². The highest BCUT2D eigenvalue weighted by Crippen LogP contribution is 2.32. The van der Waals surface area contributed by atoms with Crippen LogP contribution >= 0.6 is 0 Å². The van der Waals surface area contributed by atoms with E-state index in [2.05, 4.69) is 4.74 Å². The Labute approximate surface area is 130 Å². The predicted octanol–water partition coefficient (Wildman–Crippen LogP) is 3.11. The molecule has 0 heterocycles. The third-order valence-corrected chi connectivity index (χ3v) is 4.47. The quantitative estimate of drug-likeness (QED) is 0.830. The molecule has 1 aromatic carbocycles. The van der Waals surface area contributed by atoms with E-state index in [9.17, 15) is 17.4 Å². The summed E-state index contributed by atoms with van der Waals surface area (Å²) >= 11 is 0. The smallest absolute Gasteiger partial charge is 0.406 e. The maximum Gasteiger partial charge on any atom is 0.573 e. The van der Waals surface area contributed by atoms with Crippen LogP contribution in [0.1, 0.15) is 31.7 Å². The van der Waals surface area contributed by atoms with Gasteiger partial charge in [-0.1, -0.05) is 12.1 Å². The van der Waals surface area contributed by atoms with Crippen LogP contribution in [-0.2, 0) is 15.7 Å². The minimum atomic E-state index is -4.74. The van der Waals surface area contributed by atoms with Crippen LogP contribution in [-0.4, -0.2) is 29.0 Å². The van der Waals surface area contributed by atoms with E-state index in [1.807, 2.05) is 0 Å². The van der Waals surface area contributed by atoms with Gasteiger partial charge in [0, 0.05) is 13.0 Å². The number of hydrogen-bond donors (Lipinski definition) is 1. The van der Waals surface area contributed by atoms with Gasteiger partial charge in [0.2, 0.25) is 0 Å². The van der Waals surface area contributed by atoms with Crippen molar-refractivity contribution >= 4 is 11.0 Å². The maximum absolute atomic E-state index is 12.3. The van der Waals surface area contributed by atoms with E-state index in [4.69, 9.17) is 9.88 Å². The van der Waals surface area contributed by atoms with Crippen LogP contribution in [0.4, 0.5) is 13.2 Å². The van der Waals surface area contributed by atoms with Gasteiger partial charge in [-0.2, -0.15) is 0 Å². The summed E-state index contributed by atoms with van der Waals surface area (Å²) in [6, 6.07) is 5.70. The second kappa shape index (κ2) is 7.43. The first-order chi connectivity index (χ1) is 10.0. The average Bonchev–Trinajstić information content (AvgIpc) is 2.36. The van der Waals surface area contributed by atoms with Crippen LogP contribution in [0.2, 0.25) is 0 Å². The molecule has 0 aliphatic rings. The highest BCUT2D eigenvalue weighted by Gasteiger charge is 2.32. The third-order valence-electron chi connectivity index (χ3n) is 3.21. The van der Waals surface area contributed by atoms with Crippen molar-refractivity contribution < 1.29 is 26.9 Å². The number of halogens is 3. The molecule has 8 heteroatoms. The fourth-order valence-corrected chi connectivity index (χ4v) is 2.48. The second-order valence-corrected chi connectivity index (χ2v) is 7.23. The topological polar surface area (TPSA) is 61.5 Å². The number of alkyl halides is 3. The van der Waals surface area contributed by atoms with Crippen molar-refractivity contribution in [1.82, 2.24) is 0 Å². The summed E-state index contributed by atoms with van der Waals surface area (Å²) in [7, 11) is -0.0664. The fourth-order valence-electron chi connectivity index (χ4n) is 2.12. The van der Waals surface area contributed by atoms with Gasteiger partial charge in [0.25, 0.3) is 0 Å². The summed E-state index contributed by atoms with van der Waals surface area (Å²) in [6.07, 6.45) is -4.34. The first-order valence-electron chi connectivity index (χ1n) is 6.56. The van der Waals surface area contributed by atoms with Gasteiger partial charge in [0.1, 0.15) is 5.75 Å². The lowest BCUT2D eigenvalue weighted by atomic mass is 9.90. The number of ether oxygens (including phenoxy) is 2. The molecule has 22 heavy (non-hydrogen) atoms. The fraction of sp³-hybridized carbons (Fsp3) is 0.571. The molecular weight excluding hydrogens is 319 g/mol. The van der Waals surface area contributed by atoms with Gasteiger partial charge in [-0.15, -0.1) is 13.2 Å². The van der Waals surface area contributed by atoms with Gasteiger partial charge >= 0.3 is 6.36 Å². The molecular formula is C14H20F3NO3S. The Morgan fingerprint density at radius 1 is 1.32 bits per heavy atom. The van der Waals surface area contributed by atoms with Crippen molar-refractivity contribution in [1.29, 1.82) is 0 Å². The van der Waals surface area contributed by atoms with E-state index < -0.39 is 22.1 Å². The number of methoxy groups -OCH3 is 1. The van der Waals surface area contributed by atoms with Gasteiger partial charge in [-0.3, -0.25) is 5.14 Å². The average molecular weight is 339 g/mol. The minimum Gasteiger partial charge on any atom is -0.406 e. The standard InChI is InChI=1S/C14H20F3NO3S/c1-13(2,22(18)19)8-11(9-20-3)10-5-4-6-12(7-10)21-14(15,16)17/h4-7,11H,8-9,18H2,1-3H3/t11-,22?/m0/s1. The van der Waals surface area contributed by atoms with Crippen molar-refractivity contribution in [2.45, 2.75) is 37.3 Å². The summed E-state index contributed by atoms with van der Waals surface area (Å²) in [5, 5.41) is 5.46. The zero-order valence-corrected chi connectivity index (χ0v) is 13.5. The lowest BCUT2D eigenvalue weighted by molar-refractivity contribution is -0.274. The van der Waals surface area contributed by atoms with Gasteiger partial charge in [0.15, 0.2) is 0 Å². The van der Waals surface area contributed by atoms with E-state index >= 15 is 0 Å². The van der Waals surface area contributed by atoms with E-state index in [1.54, 1.807) is 19.9 Å². The Morgan fingerprint density at radius 2 is 1.95 bits per heavy atom. The first kappa shape index (κ1) is 18.9. The molecule has 0 amide bonds. The zero-order chi connectivity index (χ0) is 17.0. The van der Waals surface area contributed by atoms with E-state index in [-0.39, 0.29) is 18.3 Å². The predicted molar refractivity (Wildman–Crippen MR) is 78.8 cm³/mol. The molecule has 0 aliphatic heterocycles. The molecule has 0 radical (unpaired) electrons. The second-order valence-electron chi connectivity index (χ2n) is 5.53. The van der Waals surface area contributed by atoms with Crippen molar-refractivity contribution in [3.05, 3.63) is 29.8 Å². The molecule has 126 valence electrons. The Morgan fingerprint density at radius 3 is 2.45 bits per heavy atom. The van der Waals surface area contributed by atoms with Crippen LogP contribution in [0.3, 0.4) is 0 Å². The Kier molecular flexibility index (Phi) is 6.39. The molecule has 0 fully saturated rings. The van der Waals surface area contributed by atoms with Crippen LogP contribution in [0.15, 0.2) is 24.3 Å². The highest BCUT2D eigenvalue weighted by molar-refractivity contribution is 7.84. The lowest BCUT2D eigenvalue weighted by Crippen LogP contribution is -2.34. The Balaban J connectivity index is 3.01. The molecule has 0 saturated carbocycles. The van der Waals surface area contributed by atoms with Crippen molar-refractivity contribution in [3.8, 4) is 5.75 Å². The summed E-state index contributed by atoms with van der Waals surface area (Å²) < 4.78 is 56.8. The SMILES string of the molecule is COC[C@H](CC(C)(C)S(N)=O)c1cccc(OC(F)(F)F)c1. The van der Waals surface area contributed by atoms with Crippen LogP contribution in [0.25, 0.3) is 0 Å². The molecule has 0 saturated heterocycles. The summed E-state index contributed by atoms with van der Waals surface area (Å²) in [6.45, 7) is 3.75. The van der Waals surface area contributed by atoms with Gasteiger partial charge < -0.3 is 9.47 Å². The number of benzene rings is 1. The normalized spacial score (nSPS) is 15.4. The van der Waals surface area contributed by atoms with Crippen LogP contribution < -0.4 is 9.88 Å². The van der Waals surface area contributed by atoms with Crippen LogP contribution in [0, 0.1) is 0 Å². The first-order valence-corrected chi connectivity index (χ1v) is 7.77. The van der Waals surface area contributed by atoms with Gasteiger partial charge in [0.05, 0.1) is 22.3 Å². The summed E-state index contributed by atoms with van der Waals surface area (Å²) in [4.78, 5) is 0. The van der Waals surface area contributed by atoms with Crippen molar-refractivity contribution in [2.24, 2.45) is 5.14 Å². The Hall–Kier alpha value is -1.12. The molecule has 0 bridgehead atoms.